The SMILES string of the molecule is CCc1c(C)sc(NC(=O)[C@@H]2CC=CC[C@@H]2C(=O)O)c1C(=O)Nc1ccccc1OC. The van der Waals surface area contributed by atoms with Gasteiger partial charge in [-0.3, -0.25) is 14.4 Å². The summed E-state index contributed by atoms with van der Waals surface area (Å²) in [6, 6.07) is 7.10. The van der Waals surface area contributed by atoms with E-state index in [9.17, 15) is 19.5 Å². The number of hydrogen-bond donors (Lipinski definition) is 3. The summed E-state index contributed by atoms with van der Waals surface area (Å²) in [7, 11) is 1.53. The third-order valence-electron chi connectivity index (χ3n) is 5.47. The molecule has 1 aliphatic carbocycles. The number of thiophene rings is 1. The first-order valence-electron chi connectivity index (χ1n) is 10.1. The molecule has 2 atom stereocenters. The lowest BCUT2D eigenvalue weighted by Gasteiger charge is -2.24. The van der Waals surface area contributed by atoms with Crippen LogP contribution in [0, 0.1) is 18.8 Å². The van der Waals surface area contributed by atoms with Crippen LogP contribution >= 0.6 is 11.3 Å². The number of para-hydroxylation sites is 2. The first-order valence-corrected chi connectivity index (χ1v) is 10.9. The molecule has 0 unspecified atom stereocenters. The number of carboxylic acids is 1. The molecule has 8 heteroatoms. The number of aryl methyl sites for hydroxylation is 1. The van der Waals surface area contributed by atoms with Crippen LogP contribution < -0.4 is 15.4 Å². The van der Waals surface area contributed by atoms with Crippen LogP contribution in [-0.4, -0.2) is 30.0 Å². The number of carbonyl (C=O) groups excluding carboxylic acids is 2. The second kappa shape index (κ2) is 9.78. The number of ether oxygens (including phenoxy) is 1. The van der Waals surface area contributed by atoms with Crippen LogP contribution in [0.25, 0.3) is 0 Å². The van der Waals surface area contributed by atoms with Gasteiger partial charge in [-0.2, -0.15) is 0 Å². The van der Waals surface area contributed by atoms with Crippen molar-refractivity contribution in [2.45, 2.75) is 33.1 Å². The van der Waals surface area contributed by atoms with Gasteiger partial charge in [0.15, 0.2) is 0 Å². The molecule has 0 radical (unpaired) electrons. The van der Waals surface area contributed by atoms with E-state index in [0.717, 1.165) is 10.4 Å². The fourth-order valence-electron chi connectivity index (χ4n) is 3.85. The molecule has 164 valence electrons. The van der Waals surface area contributed by atoms with Gasteiger partial charge >= 0.3 is 5.97 Å². The maximum atomic E-state index is 13.2. The van der Waals surface area contributed by atoms with Crippen LogP contribution in [0.1, 0.15) is 40.6 Å². The number of carbonyl (C=O) groups is 3. The monoisotopic (exact) mass is 442 g/mol. The smallest absolute Gasteiger partial charge is 0.307 e. The molecule has 0 fully saturated rings. The van der Waals surface area contributed by atoms with Crippen LogP contribution in [0.3, 0.4) is 0 Å². The van der Waals surface area contributed by atoms with E-state index in [0.29, 0.717) is 41.3 Å². The van der Waals surface area contributed by atoms with Crippen molar-refractivity contribution in [1.29, 1.82) is 0 Å². The molecule has 0 saturated carbocycles. The van der Waals surface area contributed by atoms with E-state index in [1.807, 2.05) is 26.0 Å². The average Bonchev–Trinajstić information content (AvgIpc) is 3.08. The van der Waals surface area contributed by atoms with Crippen LogP contribution in [-0.2, 0) is 16.0 Å². The Balaban J connectivity index is 1.90. The van der Waals surface area contributed by atoms with Gasteiger partial charge in [-0.1, -0.05) is 31.2 Å². The summed E-state index contributed by atoms with van der Waals surface area (Å²) in [5.74, 6) is -2.64. The number of nitrogens with one attached hydrogen (secondary N) is 2. The summed E-state index contributed by atoms with van der Waals surface area (Å²) in [5, 5.41) is 15.6. The van der Waals surface area contributed by atoms with Gasteiger partial charge < -0.3 is 20.5 Å². The number of methoxy groups -OCH3 is 1. The summed E-state index contributed by atoms with van der Waals surface area (Å²) < 4.78 is 5.31. The summed E-state index contributed by atoms with van der Waals surface area (Å²) in [4.78, 5) is 38.7. The van der Waals surface area contributed by atoms with Gasteiger partial charge in [0.05, 0.1) is 30.2 Å². The number of carboxylic acid groups (broad SMARTS) is 1. The van der Waals surface area contributed by atoms with E-state index in [1.54, 1.807) is 24.3 Å². The zero-order chi connectivity index (χ0) is 22.5. The molecular formula is C23H26N2O5S. The third kappa shape index (κ3) is 4.80. The number of anilines is 2. The van der Waals surface area contributed by atoms with Crippen molar-refractivity contribution < 1.29 is 24.2 Å². The van der Waals surface area contributed by atoms with Crippen molar-refractivity contribution in [3.8, 4) is 5.75 Å². The van der Waals surface area contributed by atoms with Gasteiger partial charge in [0.2, 0.25) is 5.91 Å². The van der Waals surface area contributed by atoms with Gasteiger partial charge in [-0.05, 0) is 43.9 Å². The van der Waals surface area contributed by atoms with Crippen LogP contribution in [0.4, 0.5) is 10.7 Å². The molecule has 0 aliphatic heterocycles. The minimum atomic E-state index is -0.991. The number of rotatable bonds is 7. The molecule has 0 bridgehead atoms. The summed E-state index contributed by atoms with van der Waals surface area (Å²) >= 11 is 1.33. The quantitative estimate of drug-likeness (QED) is 0.548. The molecule has 1 heterocycles. The number of amides is 2. The summed E-state index contributed by atoms with van der Waals surface area (Å²) in [6.45, 7) is 3.86. The zero-order valence-corrected chi connectivity index (χ0v) is 18.5. The highest BCUT2D eigenvalue weighted by Gasteiger charge is 2.35. The van der Waals surface area contributed by atoms with Crippen molar-refractivity contribution >= 4 is 39.8 Å². The van der Waals surface area contributed by atoms with Gasteiger partial charge in [0.1, 0.15) is 10.8 Å². The predicted molar refractivity (Wildman–Crippen MR) is 121 cm³/mol. The lowest BCUT2D eigenvalue weighted by atomic mass is 9.82. The van der Waals surface area contributed by atoms with Crippen LogP contribution in [0.15, 0.2) is 36.4 Å². The molecule has 3 rings (SSSR count). The third-order valence-corrected chi connectivity index (χ3v) is 6.53. The van der Waals surface area contributed by atoms with Crippen molar-refractivity contribution in [3.05, 3.63) is 52.4 Å². The summed E-state index contributed by atoms with van der Waals surface area (Å²) in [5.41, 5.74) is 1.79. The largest absolute Gasteiger partial charge is 0.495 e. The molecule has 31 heavy (non-hydrogen) atoms. The molecule has 1 aliphatic rings. The van der Waals surface area contributed by atoms with Crippen molar-refractivity contribution in [2.24, 2.45) is 11.8 Å². The molecular weight excluding hydrogens is 416 g/mol. The number of hydrogen-bond acceptors (Lipinski definition) is 5. The first kappa shape index (κ1) is 22.6. The molecule has 1 aromatic heterocycles. The van der Waals surface area contributed by atoms with E-state index < -0.39 is 17.8 Å². The first-order chi connectivity index (χ1) is 14.9. The Hall–Kier alpha value is -3.13. The predicted octanol–water partition coefficient (Wildman–Crippen LogP) is 4.49. The molecule has 7 nitrogen and oxygen atoms in total. The Morgan fingerprint density at radius 1 is 1.13 bits per heavy atom. The van der Waals surface area contributed by atoms with Gasteiger partial charge in [-0.25, -0.2) is 0 Å². The van der Waals surface area contributed by atoms with Crippen molar-refractivity contribution in [2.75, 3.05) is 17.7 Å². The Labute approximate surface area is 185 Å². The molecule has 2 aromatic rings. The normalized spacial score (nSPS) is 17.8. The van der Waals surface area contributed by atoms with E-state index in [4.69, 9.17) is 4.74 Å². The fraction of sp³-hybridized carbons (Fsp3) is 0.348. The Kier molecular flexibility index (Phi) is 7.12. The lowest BCUT2D eigenvalue weighted by Crippen LogP contribution is -2.35. The van der Waals surface area contributed by atoms with Crippen LogP contribution in [0.5, 0.6) is 5.75 Å². The highest BCUT2D eigenvalue weighted by Crippen LogP contribution is 2.36. The molecule has 2 amide bonds. The van der Waals surface area contributed by atoms with Crippen molar-refractivity contribution in [1.82, 2.24) is 0 Å². The van der Waals surface area contributed by atoms with E-state index in [2.05, 4.69) is 10.6 Å². The number of allylic oxidation sites excluding steroid dienone is 2. The molecule has 3 N–H and O–H groups in total. The maximum absolute atomic E-state index is 13.2. The second-order valence-corrected chi connectivity index (χ2v) is 8.56. The van der Waals surface area contributed by atoms with E-state index in [-0.39, 0.29) is 11.8 Å². The Morgan fingerprint density at radius 2 is 1.81 bits per heavy atom. The van der Waals surface area contributed by atoms with Gasteiger partial charge in [0.25, 0.3) is 5.91 Å². The van der Waals surface area contributed by atoms with E-state index >= 15 is 0 Å². The molecule has 0 saturated heterocycles. The van der Waals surface area contributed by atoms with Crippen LogP contribution in [0.2, 0.25) is 0 Å². The average molecular weight is 443 g/mol. The number of aliphatic carboxylic acids is 1. The zero-order valence-electron chi connectivity index (χ0n) is 17.7. The molecule has 0 spiro atoms. The highest BCUT2D eigenvalue weighted by molar-refractivity contribution is 7.16. The fourth-order valence-corrected chi connectivity index (χ4v) is 4.99. The minimum absolute atomic E-state index is 0.318. The van der Waals surface area contributed by atoms with Gasteiger partial charge in [-0.15, -0.1) is 11.3 Å². The Morgan fingerprint density at radius 3 is 2.45 bits per heavy atom. The lowest BCUT2D eigenvalue weighted by molar-refractivity contribution is -0.146. The summed E-state index contributed by atoms with van der Waals surface area (Å²) in [6.07, 6.45) is 4.92. The van der Waals surface area contributed by atoms with Gasteiger partial charge in [0, 0.05) is 4.88 Å². The van der Waals surface area contributed by atoms with Crippen molar-refractivity contribution in [3.63, 3.8) is 0 Å². The minimum Gasteiger partial charge on any atom is -0.495 e. The standard InChI is InChI=1S/C23H26N2O5S/c1-4-14-13(2)31-22(25-20(26)15-9-5-6-10-16(15)23(28)29)19(14)21(27)24-17-11-7-8-12-18(17)30-3/h5-8,11-12,15-16H,4,9-10H2,1-3H3,(H,24,27)(H,25,26)(H,28,29)/t15-,16+/m1/s1. The number of benzene rings is 1. The topological polar surface area (TPSA) is 105 Å². The molecule has 1 aromatic carbocycles. The maximum Gasteiger partial charge on any atom is 0.307 e. The second-order valence-electron chi connectivity index (χ2n) is 7.33. The van der Waals surface area contributed by atoms with E-state index in [1.165, 1.54) is 18.4 Å². The highest BCUT2D eigenvalue weighted by atomic mass is 32.1. The Bertz CT molecular complexity index is 1030.